The second-order valence-electron chi connectivity index (χ2n) is 4.51. The molecule has 1 heteroatoms. The highest BCUT2D eigenvalue weighted by atomic mass is 35.5. The van der Waals surface area contributed by atoms with Gasteiger partial charge in [0.1, 0.15) is 0 Å². The lowest BCUT2D eigenvalue weighted by Gasteiger charge is -2.35. The van der Waals surface area contributed by atoms with Crippen molar-refractivity contribution in [2.24, 2.45) is 17.8 Å². The van der Waals surface area contributed by atoms with E-state index in [4.69, 9.17) is 11.6 Å². The van der Waals surface area contributed by atoms with Gasteiger partial charge in [-0.05, 0) is 37.0 Å². The number of hydrogen-bond acceptors (Lipinski definition) is 0. The van der Waals surface area contributed by atoms with E-state index in [-0.39, 0.29) is 0 Å². The zero-order valence-electron chi connectivity index (χ0n) is 8.52. The maximum absolute atomic E-state index is 6.30. The Bertz CT molecular complexity index is 131. The summed E-state index contributed by atoms with van der Waals surface area (Å²) < 4.78 is 0. The van der Waals surface area contributed by atoms with E-state index < -0.39 is 0 Å². The molecule has 1 fully saturated rings. The van der Waals surface area contributed by atoms with Crippen LogP contribution in [0.5, 0.6) is 0 Å². The van der Waals surface area contributed by atoms with E-state index in [1.807, 2.05) is 0 Å². The smallest absolute Gasteiger partial charge is 0.0366 e. The van der Waals surface area contributed by atoms with E-state index in [1.165, 1.54) is 25.7 Å². The normalized spacial score (nSPS) is 37.2. The predicted molar refractivity (Wildman–Crippen MR) is 55.6 cm³/mol. The molecule has 1 aliphatic rings. The second kappa shape index (κ2) is 4.50. The quantitative estimate of drug-likeness (QED) is 0.573. The standard InChI is InChI=1S/C11H21Cl/c1-4-9-5-6-11(12)10(7-9)8(2)3/h8-11H,4-7H2,1-3H3. The maximum Gasteiger partial charge on any atom is 0.0366 e. The van der Waals surface area contributed by atoms with Crippen LogP contribution in [0.2, 0.25) is 0 Å². The van der Waals surface area contributed by atoms with Gasteiger partial charge in [-0.3, -0.25) is 0 Å². The Balaban J connectivity index is 2.47. The largest absolute Gasteiger partial charge is 0.123 e. The van der Waals surface area contributed by atoms with Crippen molar-refractivity contribution in [1.82, 2.24) is 0 Å². The lowest BCUT2D eigenvalue weighted by molar-refractivity contribution is 0.216. The molecule has 0 amide bonds. The third-order valence-corrected chi connectivity index (χ3v) is 3.90. The molecule has 0 aromatic heterocycles. The number of hydrogen-bond donors (Lipinski definition) is 0. The summed E-state index contributed by atoms with van der Waals surface area (Å²) in [5, 5.41) is 0.452. The van der Waals surface area contributed by atoms with Crippen LogP contribution in [-0.2, 0) is 0 Å². The van der Waals surface area contributed by atoms with Gasteiger partial charge in [-0.2, -0.15) is 0 Å². The van der Waals surface area contributed by atoms with Crippen LogP contribution in [-0.4, -0.2) is 5.38 Å². The molecule has 12 heavy (non-hydrogen) atoms. The third-order valence-electron chi connectivity index (χ3n) is 3.35. The highest BCUT2D eigenvalue weighted by Gasteiger charge is 2.29. The van der Waals surface area contributed by atoms with Crippen LogP contribution in [0, 0.1) is 17.8 Å². The van der Waals surface area contributed by atoms with Gasteiger partial charge in [-0.15, -0.1) is 11.6 Å². The minimum atomic E-state index is 0.452. The van der Waals surface area contributed by atoms with Crippen molar-refractivity contribution in [2.45, 2.75) is 51.8 Å². The SMILES string of the molecule is CCC1CCC(Cl)C(C(C)C)C1. The Hall–Kier alpha value is 0.290. The highest BCUT2D eigenvalue weighted by molar-refractivity contribution is 6.20. The van der Waals surface area contributed by atoms with Gasteiger partial charge in [0.05, 0.1) is 0 Å². The zero-order chi connectivity index (χ0) is 9.14. The molecular formula is C11H21Cl. The molecule has 0 N–H and O–H groups in total. The van der Waals surface area contributed by atoms with Crippen LogP contribution >= 0.6 is 11.6 Å². The predicted octanol–water partition coefficient (Wildman–Crippen LogP) is 4.08. The van der Waals surface area contributed by atoms with Gasteiger partial charge >= 0.3 is 0 Å². The van der Waals surface area contributed by atoms with E-state index in [9.17, 15) is 0 Å². The van der Waals surface area contributed by atoms with Gasteiger partial charge in [-0.25, -0.2) is 0 Å². The Morgan fingerprint density at radius 3 is 2.50 bits per heavy atom. The van der Waals surface area contributed by atoms with Crippen LogP contribution in [0.3, 0.4) is 0 Å². The minimum absolute atomic E-state index is 0.452. The highest BCUT2D eigenvalue weighted by Crippen LogP contribution is 2.38. The van der Waals surface area contributed by atoms with Gasteiger partial charge in [-0.1, -0.05) is 27.2 Å². The summed E-state index contributed by atoms with van der Waals surface area (Å²) in [5.74, 6) is 2.49. The summed E-state index contributed by atoms with van der Waals surface area (Å²) in [6, 6.07) is 0. The molecule has 72 valence electrons. The molecule has 1 saturated carbocycles. The lowest BCUT2D eigenvalue weighted by atomic mass is 9.75. The minimum Gasteiger partial charge on any atom is -0.123 e. The van der Waals surface area contributed by atoms with Crippen molar-refractivity contribution in [3.8, 4) is 0 Å². The Labute approximate surface area is 81.7 Å². The fourth-order valence-corrected chi connectivity index (χ4v) is 2.84. The van der Waals surface area contributed by atoms with Crippen molar-refractivity contribution in [1.29, 1.82) is 0 Å². The zero-order valence-corrected chi connectivity index (χ0v) is 9.27. The molecule has 3 atom stereocenters. The molecule has 0 aliphatic heterocycles. The van der Waals surface area contributed by atoms with Crippen LogP contribution in [0.25, 0.3) is 0 Å². The third kappa shape index (κ3) is 2.39. The molecule has 0 nitrogen and oxygen atoms in total. The summed E-state index contributed by atoms with van der Waals surface area (Å²) in [7, 11) is 0. The molecule has 0 radical (unpaired) electrons. The average molecular weight is 189 g/mol. The fraction of sp³-hybridized carbons (Fsp3) is 1.00. The van der Waals surface area contributed by atoms with E-state index in [0.717, 1.165) is 17.8 Å². The van der Waals surface area contributed by atoms with E-state index in [0.29, 0.717) is 5.38 Å². The molecule has 3 unspecified atom stereocenters. The van der Waals surface area contributed by atoms with Crippen molar-refractivity contribution in [3.63, 3.8) is 0 Å². The summed E-state index contributed by atoms with van der Waals surface area (Å²) >= 11 is 6.30. The van der Waals surface area contributed by atoms with Crippen LogP contribution in [0.1, 0.15) is 46.5 Å². The molecule has 0 aromatic carbocycles. The van der Waals surface area contributed by atoms with E-state index >= 15 is 0 Å². The van der Waals surface area contributed by atoms with Crippen molar-refractivity contribution in [2.75, 3.05) is 0 Å². The average Bonchev–Trinajstić information content (AvgIpc) is 2.05. The first kappa shape index (κ1) is 10.4. The molecule has 1 rings (SSSR count). The number of halogens is 1. The van der Waals surface area contributed by atoms with Gasteiger partial charge < -0.3 is 0 Å². The van der Waals surface area contributed by atoms with Gasteiger partial charge in [0.15, 0.2) is 0 Å². The van der Waals surface area contributed by atoms with Crippen LogP contribution in [0.4, 0.5) is 0 Å². The Kier molecular flexibility index (Phi) is 3.89. The fourth-order valence-electron chi connectivity index (χ4n) is 2.32. The van der Waals surface area contributed by atoms with Gasteiger partial charge in [0, 0.05) is 5.38 Å². The molecule has 0 heterocycles. The number of rotatable bonds is 2. The molecule has 0 aromatic rings. The molecule has 0 saturated heterocycles. The summed E-state index contributed by atoms with van der Waals surface area (Å²) in [5.41, 5.74) is 0. The van der Waals surface area contributed by atoms with Crippen molar-refractivity contribution >= 4 is 11.6 Å². The van der Waals surface area contributed by atoms with Crippen LogP contribution < -0.4 is 0 Å². The first-order chi connectivity index (χ1) is 5.65. The van der Waals surface area contributed by atoms with Crippen molar-refractivity contribution < 1.29 is 0 Å². The maximum atomic E-state index is 6.30. The first-order valence-electron chi connectivity index (χ1n) is 5.29. The molecule has 1 aliphatic carbocycles. The molecular weight excluding hydrogens is 168 g/mol. The summed E-state index contributed by atoms with van der Waals surface area (Å²) in [4.78, 5) is 0. The molecule has 0 spiro atoms. The van der Waals surface area contributed by atoms with Crippen molar-refractivity contribution in [3.05, 3.63) is 0 Å². The Morgan fingerprint density at radius 1 is 1.33 bits per heavy atom. The Morgan fingerprint density at radius 2 is 2.00 bits per heavy atom. The second-order valence-corrected chi connectivity index (χ2v) is 5.07. The topological polar surface area (TPSA) is 0 Å². The molecule has 0 bridgehead atoms. The van der Waals surface area contributed by atoms with Gasteiger partial charge in [0.25, 0.3) is 0 Å². The lowest BCUT2D eigenvalue weighted by Crippen LogP contribution is -2.28. The first-order valence-corrected chi connectivity index (χ1v) is 5.72. The summed E-state index contributed by atoms with van der Waals surface area (Å²) in [6.45, 7) is 6.91. The number of alkyl halides is 1. The monoisotopic (exact) mass is 188 g/mol. The van der Waals surface area contributed by atoms with Gasteiger partial charge in [0.2, 0.25) is 0 Å². The van der Waals surface area contributed by atoms with E-state index in [2.05, 4.69) is 20.8 Å². The van der Waals surface area contributed by atoms with E-state index in [1.54, 1.807) is 0 Å². The van der Waals surface area contributed by atoms with Crippen LogP contribution in [0.15, 0.2) is 0 Å². The summed E-state index contributed by atoms with van der Waals surface area (Å²) in [6.07, 6.45) is 5.30.